The first-order valence-corrected chi connectivity index (χ1v) is 11.9. The summed E-state index contributed by atoms with van der Waals surface area (Å²) < 4.78 is 6.43. The Kier molecular flexibility index (Phi) is 6.32. The molecule has 1 saturated heterocycles. The largest absolute Gasteiger partial charge is 0.378 e. The highest BCUT2D eigenvalue weighted by molar-refractivity contribution is 7.22. The number of fused-ring (bicyclic) bond motifs is 1. The van der Waals surface area contributed by atoms with Gasteiger partial charge in [-0.1, -0.05) is 41.7 Å². The zero-order chi connectivity index (χ0) is 22.6. The third-order valence-electron chi connectivity index (χ3n) is 5.71. The quantitative estimate of drug-likeness (QED) is 0.605. The number of nitrogens with one attached hydrogen (secondary N) is 1. The van der Waals surface area contributed by atoms with Gasteiger partial charge in [0.25, 0.3) is 0 Å². The zero-order valence-electron chi connectivity index (χ0n) is 18.2. The number of ether oxygens (including phenoxy) is 1. The summed E-state index contributed by atoms with van der Waals surface area (Å²) in [5.74, 6) is -0.323. The first-order chi connectivity index (χ1) is 16.2. The van der Waals surface area contributed by atoms with Crippen molar-refractivity contribution in [2.75, 3.05) is 43.1 Å². The summed E-state index contributed by atoms with van der Waals surface area (Å²) in [6.45, 7) is 3.66. The average Bonchev–Trinajstić information content (AvgIpc) is 3.51. The van der Waals surface area contributed by atoms with Gasteiger partial charge in [0, 0.05) is 38.0 Å². The number of hydrogen-bond donors (Lipinski definition) is 1. The Balaban J connectivity index is 1.15. The number of nitrogens with zero attached hydrogens (tertiary/aromatic N) is 4. The smallest absolute Gasteiger partial charge is 0.243 e. The molecule has 0 saturated carbocycles. The molecule has 1 fully saturated rings. The fourth-order valence-corrected chi connectivity index (χ4v) is 4.98. The maximum atomic E-state index is 12.5. The second kappa shape index (κ2) is 9.68. The molecular weight excluding hydrogens is 438 g/mol. The van der Waals surface area contributed by atoms with Crippen LogP contribution in [-0.4, -0.2) is 60.4 Å². The molecule has 0 unspecified atom stereocenters. The summed E-state index contributed by atoms with van der Waals surface area (Å²) >= 11 is 1.61. The fourth-order valence-electron chi connectivity index (χ4n) is 3.92. The monoisotopic (exact) mass is 463 g/mol. The van der Waals surface area contributed by atoms with Crippen LogP contribution >= 0.6 is 11.3 Å². The van der Waals surface area contributed by atoms with Crippen molar-refractivity contribution in [2.45, 2.75) is 19.3 Å². The summed E-state index contributed by atoms with van der Waals surface area (Å²) in [7, 11) is 0. The minimum absolute atomic E-state index is 0.116. The minimum atomic E-state index is -0.188. The number of anilines is 2. The molecule has 0 spiro atoms. The van der Waals surface area contributed by atoms with Crippen LogP contribution in [0.25, 0.3) is 10.2 Å². The number of thiazole rings is 1. The van der Waals surface area contributed by atoms with Gasteiger partial charge in [-0.3, -0.25) is 9.59 Å². The Morgan fingerprint density at radius 1 is 1.03 bits per heavy atom. The van der Waals surface area contributed by atoms with E-state index in [0.29, 0.717) is 25.4 Å². The average molecular weight is 464 g/mol. The third kappa shape index (κ3) is 5.04. The molecule has 0 bridgehead atoms. The highest BCUT2D eigenvalue weighted by Crippen LogP contribution is 2.31. The van der Waals surface area contributed by atoms with Gasteiger partial charge < -0.3 is 15.0 Å². The van der Waals surface area contributed by atoms with Gasteiger partial charge in [-0.15, -0.1) is 0 Å². The van der Waals surface area contributed by atoms with Crippen LogP contribution < -0.4 is 10.2 Å². The maximum Gasteiger partial charge on any atom is 0.243 e. The number of aromatic nitrogens is 1. The van der Waals surface area contributed by atoms with E-state index in [1.54, 1.807) is 11.3 Å². The summed E-state index contributed by atoms with van der Waals surface area (Å²) in [5.41, 5.74) is 3.56. The molecule has 1 N–H and O–H groups in total. The lowest BCUT2D eigenvalue weighted by Crippen LogP contribution is -2.36. The highest BCUT2D eigenvalue weighted by Gasteiger charge is 2.22. The Bertz CT molecular complexity index is 1190. The predicted octanol–water partition coefficient (Wildman–Crippen LogP) is 3.49. The van der Waals surface area contributed by atoms with Gasteiger partial charge in [-0.2, -0.15) is 5.10 Å². The molecule has 3 heterocycles. The molecule has 2 aromatic carbocycles. The molecule has 0 aliphatic carbocycles. The second-order valence-electron chi connectivity index (χ2n) is 8.01. The van der Waals surface area contributed by atoms with E-state index in [1.807, 2.05) is 48.5 Å². The van der Waals surface area contributed by atoms with Crippen molar-refractivity contribution in [3.8, 4) is 0 Å². The fraction of sp³-hybridized carbons (Fsp3) is 0.333. The maximum absolute atomic E-state index is 12.5. The van der Waals surface area contributed by atoms with Crippen LogP contribution in [0.3, 0.4) is 0 Å². The van der Waals surface area contributed by atoms with Gasteiger partial charge >= 0.3 is 0 Å². The van der Waals surface area contributed by atoms with E-state index >= 15 is 0 Å². The summed E-state index contributed by atoms with van der Waals surface area (Å²) in [6.07, 6.45) is 0.968. The molecule has 3 aromatic rings. The van der Waals surface area contributed by atoms with Crippen molar-refractivity contribution >= 4 is 49.9 Å². The summed E-state index contributed by atoms with van der Waals surface area (Å²) in [4.78, 5) is 31.9. The number of hydrogen-bond acceptors (Lipinski definition) is 7. The van der Waals surface area contributed by atoms with Crippen molar-refractivity contribution in [1.82, 2.24) is 9.99 Å². The summed E-state index contributed by atoms with van der Waals surface area (Å²) in [5, 5.41) is 9.80. The predicted molar refractivity (Wildman–Crippen MR) is 130 cm³/mol. The topological polar surface area (TPSA) is 87.1 Å². The van der Waals surface area contributed by atoms with Crippen LogP contribution in [0.2, 0.25) is 0 Å². The Labute approximate surface area is 195 Å². The van der Waals surface area contributed by atoms with E-state index in [1.165, 1.54) is 5.01 Å². The van der Waals surface area contributed by atoms with Crippen molar-refractivity contribution < 1.29 is 14.3 Å². The van der Waals surface area contributed by atoms with Crippen LogP contribution in [-0.2, 0) is 14.3 Å². The second-order valence-corrected chi connectivity index (χ2v) is 9.02. The van der Waals surface area contributed by atoms with E-state index in [2.05, 4.69) is 15.3 Å². The van der Waals surface area contributed by atoms with E-state index in [0.717, 1.165) is 46.1 Å². The lowest BCUT2D eigenvalue weighted by molar-refractivity contribution is -0.132. The molecule has 2 aliphatic rings. The van der Waals surface area contributed by atoms with Crippen LogP contribution in [0.5, 0.6) is 0 Å². The van der Waals surface area contributed by atoms with Gasteiger partial charge in [0.1, 0.15) is 0 Å². The molecule has 5 rings (SSSR count). The molecule has 2 aliphatic heterocycles. The molecule has 0 atom stereocenters. The lowest BCUT2D eigenvalue weighted by Gasteiger charge is -2.25. The lowest BCUT2D eigenvalue weighted by atomic mass is 10.1. The Hall–Kier alpha value is -3.30. The van der Waals surface area contributed by atoms with Crippen LogP contribution in [0.1, 0.15) is 24.8 Å². The number of benzene rings is 2. The molecule has 2 amide bonds. The number of morpholine rings is 1. The van der Waals surface area contributed by atoms with E-state index in [9.17, 15) is 9.59 Å². The number of rotatable bonds is 6. The molecule has 170 valence electrons. The Morgan fingerprint density at radius 3 is 2.67 bits per heavy atom. The van der Waals surface area contributed by atoms with Crippen molar-refractivity contribution in [3.05, 3.63) is 54.1 Å². The first kappa shape index (κ1) is 21.5. The van der Waals surface area contributed by atoms with Gasteiger partial charge in [0.2, 0.25) is 11.8 Å². The molecule has 1 aromatic heterocycles. The van der Waals surface area contributed by atoms with E-state index < -0.39 is 0 Å². The first-order valence-electron chi connectivity index (χ1n) is 11.1. The highest BCUT2D eigenvalue weighted by atomic mass is 32.1. The standard InChI is InChI=1S/C24H25N5O3S/c30-22(8-9-23(31)29-11-10-19(27-29)17-4-2-1-3-5-17)25-18-6-7-20-21(16-18)33-24(26-20)28-12-14-32-15-13-28/h1-7,16H,8-15H2,(H,25,30). The number of carbonyl (C=O) groups is 2. The Morgan fingerprint density at radius 2 is 1.85 bits per heavy atom. The number of carbonyl (C=O) groups excluding carboxylic acids is 2. The van der Waals surface area contributed by atoms with Crippen LogP contribution in [0.15, 0.2) is 53.6 Å². The van der Waals surface area contributed by atoms with E-state index in [4.69, 9.17) is 9.72 Å². The van der Waals surface area contributed by atoms with Gasteiger partial charge in [0.05, 0.1) is 35.7 Å². The van der Waals surface area contributed by atoms with Crippen molar-refractivity contribution in [2.24, 2.45) is 5.10 Å². The van der Waals surface area contributed by atoms with Gasteiger partial charge in [-0.25, -0.2) is 9.99 Å². The minimum Gasteiger partial charge on any atom is -0.378 e. The molecule has 33 heavy (non-hydrogen) atoms. The SMILES string of the molecule is O=C(CCC(=O)N1CCC(c2ccccc2)=N1)Nc1ccc2nc(N3CCOCC3)sc2c1. The van der Waals surface area contributed by atoms with Crippen LogP contribution in [0.4, 0.5) is 10.8 Å². The zero-order valence-corrected chi connectivity index (χ0v) is 19.0. The summed E-state index contributed by atoms with van der Waals surface area (Å²) in [6, 6.07) is 15.6. The normalized spacial score (nSPS) is 16.2. The molecule has 8 nitrogen and oxygen atoms in total. The molecule has 9 heteroatoms. The molecule has 0 radical (unpaired) electrons. The van der Waals surface area contributed by atoms with Gasteiger partial charge in [-0.05, 0) is 23.8 Å². The number of amides is 2. The van der Waals surface area contributed by atoms with E-state index in [-0.39, 0.29) is 24.7 Å². The van der Waals surface area contributed by atoms with Gasteiger partial charge in [0.15, 0.2) is 5.13 Å². The van der Waals surface area contributed by atoms with Crippen molar-refractivity contribution in [1.29, 1.82) is 0 Å². The van der Waals surface area contributed by atoms with Crippen molar-refractivity contribution in [3.63, 3.8) is 0 Å². The number of hydrazone groups is 1. The third-order valence-corrected chi connectivity index (χ3v) is 6.78. The van der Waals surface area contributed by atoms with Crippen LogP contribution in [0, 0.1) is 0 Å². The molecular formula is C24H25N5O3S.